The van der Waals surface area contributed by atoms with Crippen molar-refractivity contribution in [1.82, 2.24) is 15.1 Å². The van der Waals surface area contributed by atoms with Crippen LogP contribution in [0.25, 0.3) is 0 Å². The first-order valence-corrected chi connectivity index (χ1v) is 8.29. The van der Waals surface area contributed by atoms with Crippen LogP contribution in [0.1, 0.15) is 6.92 Å². The van der Waals surface area contributed by atoms with Crippen LogP contribution in [0, 0.1) is 0 Å². The van der Waals surface area contributed by atoms with Gasteiger partial charge in [0.15, 0.2) is 5.96 Å². The molecule has 1 N–H and O–H groups in total. The summed E-state index contributed by atoms with van der Waals surface area (Å²) in [5, 5.41) is 3.29. The lowest BCUT2D eigenvalue weighted by molar-refractivity contribution is 0.0914. The molecular formula is C17H27IN4O3. The van der Waals surface area contributed by atoms with Crippen LogP contribution >= 0.6 is 24.0 Å². The van der Waals surface area contributed by atoms with Crippen molar-refractivity contribution in [1.29, 1.82) is 0 Å². The number of piperazine rings is 1. The largest absolute Gasteiger partial charge is 0.492 e. The molecule has 8 heteroatoms. The van der Waals surface area contributed by atoms with Crippen molar-refractivity contribution in [2.45, 2.75) is 6.92 Å². The predicted octanol–water partition coefficient (Wildman–Crippen LogP) is 2.03. The van der Waals surface area contributed by atoms with Gasteiger partial charge in [0, 0.05) is 33.2 Å². The number of benzene rings is 1. The summed E-state index contributed by atoms with van der Waals surface area (Å²) < 4.78 is 10.7. The lowest BCUT2D eigenvalue weighted by Crippen LogP contribution is -2.54. The summed E-state index contributed by atoms with van der Waals surface area (Å²) in [6, 6.07) is 9.73. The molecular weight excluding hydrogens is 435 g/mol. The summed E-state index contributed by atoms with van der Waals surface area (Å²) in [5.41, 5.74) is 0. The molecule has 1 aliphatic rings. The molecule has 0 radical (unpaired) electrons. The number of amides is 1. The Labute approximate surface area is 166 Å². The second kappa shape index (κ2) is 11.8. The Balaban J connectivity index is 0.00000312. The molecule has 1 amide bonds. The van der Waals surface area contributed by atoms with E-state index in [4.69, 9.17) is 9.47 Å². The third-order valence-electron chi connectivity index (χ3n) is 3.71. The summed E-state index contributed by atoms with van der Waals surface area (Å²) in [5.74, 6) is 1.69. The van der Waals surface area contributed by atoms with E-state index in [2.05, 4.69) is 15.2 Å². The monoisotopic (exact) mass is 462 g/mol. The molecule has 0 aliphatic carbocycles. The number of nitrogens with zero attached hydrogens (tertiary/aromatic N) is 3. The van der Waals surface area contributed by atoms with Crippen molar-refractivity contribution in [2.75, 3.05) is 53.0 Å². The predicted molar refractivity (Wildman–Crippen MR) is 109 cm³/mol. The van der Waals surface area contributed by atoms with Crippen molar-refractivity contribution in [2.24, 2.45) is 4.99 Å². The van der Waals surface area contributed by atoms with E-state index in [0.29, 0.717) is 32.8 Å². The van der Waals surface area contributed by atoms with Gasteiger partial charge in [-0.15, -0.1) is 24.0 Å². The highest BCUT2D eigenvalue weighted by Crippen LogP contribution is 2.07. The number of hydrogen-bond donors (Lipinski definition) is 1. The van der Waals surface area contributed by atoms with Crippen molar-refractivity contribution in [3.63, 3.8) is 0 Å². The minimum atomic E-state index is -0.239. The Morgan fingerprint density at radius 3 is 2.40 bits per heavy atom. The molecule has 0 aromatic heterocycles. The van der Waals surface area contributed by atoms with E-state index < -0.39 is 0 Å². The van der Waals surface area contributed by atoms with Crippen LogP contribution in [0.4, 0.5) is 4.79 Å². The number of rotatable bonds is 5. The molecule has 1 aromatic rings. The van der Waals surface area contributed by atoms with Crippen LogP contribution in [-0.4, -0.2) is 74.8 Å². The van der Waals surface area contributed by atoms with E-state index in [1.165, 1.54) is 0 Å². The Morgan fingerprint density at radius 2 is 1.80 bits per heavy atom. The molecule has 0 saturated carbocycles. The zero-order chi connectivity index (χ0) is 17.2. The molecule has 2 rings (SSSR count). The number of guanidine groups is 1. The summed E-state index contributed by atoms with van der Waals surface area (Å²) >= 11 is 0. The number of ether oxygens (including phenoxy) is 2. The van der Waals surface area contributed by atoms with Gasteiger partial charge in [-0.05, 0) is 19.1 Å². The molecule has 1 saturated heterocycles. The first-order chi connectivity index (χ1) is 11.7. The normalized spacial score (nSPS) is 14.6. The molecule has 1 heterocycles. The quantitative estimate of drug-likeness (QED) is 0.314. The van der Waals surface area contributed by atoms with Gasteiger partial charge in [-0.25, -0.2) is 4.79 Å². The van der Waals surface area contributed by atoms with Crippen LogP contribution < -0.4 is 10.1 Å². The molecule has 0 unspecified atom stereocenters. The van der Waals surface area contributed by atoms with Crippen molar-refractivity contribution in [3.8, 4) is 5.75 Å². The van der Waals surface area contributed by atoms with Gasteiger partial charge in [0.25, 0.3) is 0 Å². The second-order valence-corrected chi connectivity index (χ2v) is 5.31. The third-order valence-corrected chi connectivity index (χ3v) is 3.71. The Morgan fingerprint density at radius 1 is 1.16 bits per heavy atom. The van der Waals surface area contributed by atoms with Crippen molar-refractivity contribution in [3.05, 3.63) is 30.3 Å². The van der Waals surface area contributed by atoms with Crippen LogP contribution in [0.2, 0.25) is 0 Å². The standard InChI is InChI=1S/C17H26N4O3.HI/c1-3-23-17(22)21-12-10-20(11-13-21)16(18-2)19-9-14-24-15-7-5-4-6-8-15;/h4-8H,3,9-14H2,1-2H3,(H,18,19);1H. The summed E-state index contributed by atoms with van der Waals surface area (Å²) in [4.78, 5) is 19.9. The van der Waals surface area contributed by atoms with E-state index in [0.717, 1.165) is 24.8 Å². The van der Waals surface area contributed by atoms with Crippen molar-refractivity contribution >= 4 is 36.0 Å². The fourth-order valence-electron chi connectivity index (χ4n) is 2.50. The molecule has 1 fully saturated rings. The maximum absolute atomic E-state index is 11.7. The van der Waals surface area contributed by atoms with E-state index >= 15 is 0 Å². The van der Waals surface area contributed by atoms with Crippen molar-refractivity contribution < 1.29 is 14.3 Å². The van der Waals surface area contributed by atoms with E-state index in [9.17, 15) is 4.79 Å². The molecule has 25 heavy (non-hydrogen) atoms. The number of para-hydroxylation sites is 1. The maximum atomic E-state index is 11.7. The highest BCUT2D eigenvalue weighted by Gasteiger charge is 2.23. The van der Waals surface area contributed by atoms with Gasteiger partial charge in [0.2, 0.25) is 0 Å². The smallest absolute Gasteiger partial charge is 0.409 e. The SMILES string of the molecule is CCOC(=O)N1CCN(C(=NC)NCCOc2ccccc2)CC1.I. The number of carbonyl (C=O) groups excluding carboxylic acids is 1. The highest BCUT2D eigenvalue weighted by molar-refractivity contribution is 14.0. The second-order valence-electron chi connectivity index (χ2n) is 5.31. The lowest BCUT2D eigenvalue weighted by Gasteiger charge is -2.35. The molecule has 0 bridgehead atoms. The zero-order valence-corrected chi connectivity index (χ0v) is 17.1. The molecule has 1 aromatic carbocycles. The lowest BCUT2D eigenvalue weighted by atomic mass is 10.3. The summed E-state index contributed by atoms with van der Waals surface area (Å²) in [6.07, 6.45) is -0.239. The average molecular weight is 462 g/mol. The molecule has 0 atom stereocenters. The van der Waals surface area contributed by atoms with Gasteiger partial charge < -0.3 is 24.6 Å². The third kappa shape index (κ3) is 6.97. The number of nitrogens with one attached hydrogen (secondary N) is 1. The number of halogens is 1. The molecule has 7 nitrogen and oxygen atoms in total. The van der Waals surface area contributed by atoms with Gasteiger partial charge in [-0.3, -0.25) is 4.99 Å². The zero-order valence-electron chi connectivity index (χ0n) is 14.8. The maximum Gasteiger partial charge on any atom is 0.409 e. The fourth-order valence-corrected chi connectivity index (χ4v) is 2.50. The van der Waals surface area contributed by atoms with E-state index in [-0.39, 0.29) is 30.1 Å². The Hall–Kier alpha value is -1.71. The summed E-state index contributed by atoms with van der Waals surface area (Å²) in [6.45, 7) is 6.20. The molecule has 140 valence electrons. The highest BCUT2D eigenvalue weighted by atomic mass is 127. The van der Waals surface area contributed by atoms with Gasteiger partial charge in [0.05, 0.1) is 13.2 Å². The van der Waals surface area contributed by atoms with Crippen LogP contribution in [0.3, 0.4) is 0 Å². The van der Waals surface area contributed by atoms with Crippen LogP contribution in [0.15, 0.2) is 35.3 Å². The fraction of sp³-hybridized carbons (Fsp3) is 0.529. The van der Waals surface area contributed by atoms with Gasteiger partial charge in [-0.2, -0.15) is 0 Å². The number of aliphatic imine (C=N–C) groups is 1. The van der Waals surface area contributed by atoms with Gasteiger partial charge >= 0.3 is 6.09 Å². The minimum absolute atomic E-state index is 0. The van der Waals surface area contributed by atoms with E-state index in [1.54, 1.807) is 11.9 Å². The Kier molecular flexibility index (Phi) is 10.0. The van der Waals surface area contributed by atoms with Gasteiger partial charge in [-0.1, -0.05) is 18.2 Å². The number of hydrogen-bond acceptors (Lipinski definition) is 4. The van der Waals surface area contributed by atoms with Crippen LogP contribution in [0.5, 0.6) is 5.75 Å². The van der Waals surface area contributed by atoms with E-state index in [1.807, 2.05) is 37.3 Å². The molecule has 1 aliphatic heterocycles. The Bertz CT molecular complexity index is 534. The topological polar surface area (TPSA) is 66.4 Å². The summed E-state index contributed by atoms with van der Waals surface area (Å²) in [7, 11) is 1.76. The van der Waals surface area contributed by atoms with Gasteiger partial charge in [0.1, 0.15) is 12.4 Å². The molecule has 0 spiro atoms. The minimum Gasteiger partial charge on any atom is -0.492 e. The number of carbonyl (C=O) groups is 1. The average Bonchev–Trinajstić information content (AvgIpc) is 2.63. The first-order valence-electron chi connectivity index (χ1n) is 8.29. The first kappa shape index (κ1) is 21.3. The van der Waals surface area contributed by atoms with Crippen LogP contribution in [-0.2, 0) is 4.74 Å².